The molecule has 0 spiro atoms. The fourth-order valence-electron chi connectivity index (χ4n) is 1.47. The second-order valence-corrected chi connectivity index (χ2v) is 5.08. The topological polar surface area (TPSA) is 78.4 Å². The molecule has 1 saturated carbocycles. The molecule has 2 amide bonds. The number of hydrogen-bond acceptors (Lipinski definition) is 2. The predicted molar refractivity (Wildman–Crippen MR) is 60.1 cm³/mol. The minimum atomic E-state index is -1.23. The maximum atomic E-state index is 11.4. The second-order valence-electron chi connectivity index (χ2n) is 5.08. The van der Waals surface area contributed by atoms with Gasteiger partial charge in [-0.15, -0.1) is 0 Å². The third kappa shape index (κ3) is 3.72. The van der Waals surface area contributed by atoms with Crippen LogP contribution in [0.4, 0.5) is 4.79 Å². The van der Waals surface area contributed by atoms with Gasteiger partial charge >= 0.3 is 12.0 Å². The summed E-state index contributed by atoms with van der Waals surface area (Å²) in [5.41, 5.74) is -1.23. The van der Waals surface area contributed by atoms with Crippen LogP contribution >= 0.6 is 0 Å². The molecule has 5 nitrogen and oxygen atoms in total. The Morgan fingerprint density at radius 1 is 1.44 bits per heavy atom. The van der Waals surface area contributed by atoms with Gasteiger partial charge in [-0.3, -0.25) is 0 Å². The summed E-state index contributed by atoms with van der Waals surface area (Å²) in [5, 5.41) is 13.9. The normalized spacial score (nSPS) is 17.7. The lowest BCUT2D eigenvalue weighted by atomic mass is 10.1. The zero-order chi connectivity index (χ0) is 12.3. The average Bonchev–Trinajstić information content (AvgIpc) is 2.96. The monoisotopic (exact) mass is 228 g/mol. The van der Waals surface area contributed by atoms with Crippen molar-refractivity contribution in [3.05, 3.63) is 0 Å². The maximum absolute atomic E-state index is 11.4. The lowest BCUT2D eigenvalue weighted by molar-refractivity contribution is -0.142. The van der Waals surface area contributed by atoms with E-state index in [-0.39, 0.29) is 0 Å². The highest BCUT2D eigenvalue weighted by molar-refractivity contribution is 5.85. The molecule has 92 valence electrons. The molecule has 0 bridgehead atoms. The van der Waals surface area contributed by atoms with Crippen LogP contribution in [0.2, 0.25) is 0 Å². The smallest absolute Gasteiger partial charge is 0.328 e. The molecule has 1 rings (SSSR count). The van der Waals surface area contributed by atoms with Gasteiger partial charge in [-0.05, 0) is 38.5 Å². The van der Waals surface area contributed by atoms with Gasteiger partial charge in [0.1, 0.15) is 5.54 Å². The van der Waals surface area contributed by atoms with E-state index in [1.54, 1.807) is 0 Å². The second kappa shape index (κ2) is 4.72. The summed E-state index contributed by atoms with van der Waals surface area (Å²) in [6.07, 6.45) is 2.48. The average molecular weight is 228 g/mol. The first-order chi connectivity index (χ1) is 7.33. The van der Waals surface area contributed by atoms with Crippen molar-refractivity contribution in [2.75, 3.05) is 6.54 Å². The van der Waals surface area contributed by atoms with Crippen LogP contribution in [-0.4, -0.2) is 29.2 Å². The molecule has 0 radical (unpaired) electrons. The number of carbonyl (C=O) groups is 2. The van der Waals surface area contributed by atoms with E-state index in [9.17, 15) is 9.59 Å². The van der Waals surface area contributed by atoms with Crippen LogP contribution in [0.5, 0.6) is 0 Å². The molecule has 1 aliphatic carbocycles. The van der Waals surface area contributed by atoms with Crippen molar-refractivity contribution in [1.82, 2.24) is 10.6 Å². The van der Waals surface area contributed by atoms with Gasteiger partial charge in [0.05, 0.1) is 0 Å². The number of hydrogen-bond donors (Lipinski definition) is 3. The number of amides is 2. The molecule has 1 aliphatic rings. The molecular formula is C11H20N2O3. The van der Waals surface area contributed by atoms with E-state index in [2.05, 4.69) is 17.6 Å². The van der Waals surface area contributed by atoms with Crippen LogP contribution in [0, 0.1) is 11.8 Å². The quantitative estimate of drug-likeness (QED) is 0.661. The van der Waals surface area contributed by atoms with E-state index in [1.165, 1.54) is 26.7 Å². The van der Waals surface area contributed by atoms with Crippen LogP contribution in [0.1, 0.15) is 33.6 Å². The van der Waals surface area contributed by atoms with Crippen LogP contribution < -0.4 is 10.6 Å². The molecule has 1 atom stereocenters. The Labute approximate surface area is 95.6 Å². The summed E-state index contributed by atoms with van der Waals surface area (Å²) < 4.78 is 0. The first kappa shape index (κ1) is 12.8. The molecule has 0 aliphatic heterocycles. The van der Waals surface area contributed by atoms with Crippen molar-refractivity contribution in [3.63, 3.8) is 0 Å². The van der Waals surface area contributed by atoms with Gasteiger partial charge in [0, 0.05) is 6.54 Å². The SMILES string of the molecule is CC(CNC(=O)NC(C)(C)C(=O)O)C1CC1. The van der Waals surface area contributed by atoms with E-state index >= 15 is 0 Å². The van der Waals surface area contributed by atoms with Gasteiger partial charge < -0.3 is 15.7 Å². The molecule has 1 unspecified atom stereocenters. The predicted octanol–water partition coefficient (Wildman–Crippen LogP) is 1.19. The van der Waals surface area contributed by atoms with Gasteiger partial charge in [0.25, 0.3) is 0 Å². The Bertz CT molecular complexity index is 285. The van der Waals surface area contributed by atoms with Crippen molar-refractivity contribution >= 4 is 12.0 Å². The highest BCUT2D eigenvalue weighted by Gasteiger charge is 2.30. The lowest BCUT2D eigenvalue weighted by Gasteiger charge is -2.22. The summed E-state index contributed by atoms with van der Waals surface area (Å²) in [6.45, 7) is 5.62. The molecule has 0 aromatic heterocycles. The molecule has 0 aromatic rings. The van der Waals surface area contributed by atoms with Crippen LogP contribution in [-0.2, 0) is 4.79 Å². The van der Waals surface area contributed by atoms with Gasteiger partial charge in [0.2, 0.25) is 0 Å². The van der Waals surface area contributed by atoms with Gasteiger partial charge in [-0.25, -0.2) is 9.59 Å². The summed E-state index contributed by atoms with van der Waals surface area (Å²) in [7, 11) is 0. The fraction of sp³-hybridized carbons (Fsp3) is 0.818. The Morgan fingerprint density at radius 2 is 2.00 bits per heavy atom. The molecule has 0 heterocycles. The molecular weight excluding hydrogens is 208 g/mol. The number of rotatable bonds is 5. The first-order valence-electron chi connectivity index (χ1n) is 5.62. The van der Waals surface area contributed by atoms with Crippen LogP contribution in [0.3, 0.4) is 0 Å². The van der Waals surface area contributed by atoms with Crippen molar-refractivity contribution < 1.29 is 14.7 Å². The molecule has 1 fully saturated rings. The number of carboxylic acids is 1. The number of carbonyl (C=O) groups excluding carboxylic acids is 1. The van der Waals surface area contributed by atoms with Gasteiger partial charge in [-0.2, -0.15) is 0 Å². The number of nitrogens with one attached hydrogen (secondary N) is 2. The molecule has 0 aromatic carbocycles. The molecule has 5 heteroatoms. The van der Waals surface area contributed by atoms with Crippen LogP contribution in [0.15, 0.2) is 0 Å². The number of aliphatic carboxylic acids is 1. The molecule has 3 N–H and O–H groups in total. The third-order valence-corrected chi connectivity index (χ3v) is 2.97. The van der Waals surface area contributed by atoms with E-state index in [1.807, 2.05) is 0 Å². The summed E-state index contributed by atoms with van der Waals surface area (Å²) in [4.78, 5) is 22.2. The van der Waals surface area contributed by atoms with E-state index < -0.39 is 17.5 Å². The number of urea groups is 1. The van der Waals surface area contributed by atoms with Crippen molar-refractivity contribution in [1.29, 1.82) is 0 Å². The van der Waals surface area contributed by atoms with Crippen LogP contribution in [0.25, 0.3) is 0 Å². The minimum absolute atomic E-state index is 0.417. The zero-order valence-corrected chi connectivity index (χ0v) is 10.0. The number of carboxylic acid groups (broad SMARTS) is 1. The highest BCUT2D eigenvalue weighted by atomic mass is 16.4. The highest BCUT2D eigenvalue weighted by Crippen LogP contribution is 2.35. The van der Waals surface area contributed by atoms with Gasteiger partial charge in [-0.1, -0.05) is 6.92 Å². The van der Waals surface area contributed by atoms with E-state index in [4.69, 9.17) is 5.11 Å². The molecule has 0 saturated heterocycles. The van der Waals surface area contributed by atoms with Crippen molar-refractivity contribution in [3.8, 4) is 0 Å². The first-order valence-corrected chi connectivity index (χ1v) is 5.62. The summed E-state index contributed by atoms with van der Waals surface area (Å²) in [5.74, 6) is 0.157. The van der Waals surface area contributed by atoms with Gasteiger partial charge in [0.15, 0.2) is 0 Å². The Balaban J connectivity index is 2.27. The Kier molecular flexibility index (Phi) is 3.78. The maximum Gasteiger partial charge on any atom is 0.328 e. The Morgan fingerprint density at radius 3 is 2.44 bits per heavy atom. The van der Waals surface area contributed by atoms with E-state index in [0.29, 0.717) is 12.5 Å². The largest absolute Gasteiger partial charge is 0.480 e. The van der Waals surface area contributed by atoms with E-state index in [0.717, 1.165) is 5.92 Å². The fourth-order valence-corrected chi connectivity index (χ4v) is 1.47. The minimum Gasteiger partial charge on any atom is -0.480 e. The zero-order valence-electron chi connectivity index (χ0n) is 10.0. The standard InChI is InChI=1S/C11H20N2O3/c1-7(8-4-5-8)6-12-10(16)13-11(2,3)9(14)15/h7-8H,4-6H2,1-3H3,(H,14,15)(H2,12,13,16). The Hall–Kier alpha value is -1.26. The van der Waals surface area contributed by atoms with Crippen molar-refractivity contribution in [2.24, 2.45) is 11.8 Å². The third-order valence-electron chi connectivity index (χ3n) is 2.97. The lowest BCUT2D eigenvalue weighted by Crippen LogP contribution is -2.53. The summed E-state index contributed by atoms with van der Waals surface area (Å²) in [6, 6.07) is -0.417. The molecule has 16 heavy (non-hydrogen) atoms. The summed E-state index contributed by atoms with van der Waals surface area (Å²) >= 11 is 0. The van der Waals surface area contributed by atoms with Crippen molar-refractivity contribution in [2.45, 2.75) is 39.2 Å².